The van der Waals surface area contributed by atoms with Gasteiger partial charge in [-0.3, -0.25) is 4.79 Å². The SMILES string of the molecule is Cc1ccc(NC(=O)Cc2csc(-n3nc(C)c(Cc4ccccc4)c3C)n2)cc1C. The number of aryl methyl sites for hydroxylation is 3. The average Bonchev–Trinajstić information content (AvgIpc) is 3.31. The first-order chi connectivity index (χ1) is 14.9. The predicted octanol–water partition coefficient (Wildman–Crippen LogP) is 5.33. The molecular weight excluding hydrogens is 404 g/mol. The van der Waals surface area contributed by atoms with Crippen LogP contribution in [0.15, 0.2) is 53.9 Å². The van der Waals surface area contributed by atoms with Crippen LogP contribution in [0, 0.1) is 27.7 Å². The molecule has 0 unspecified atom stereocenters. The molecule has 0 bridgehead atoms. The van der Waals surface area contributed by atoms with Gasteiger partial charge in [0.25, 0.3) is 0 Å². The fourth-order valence-corrected chi connectivity index (χ4v) is 4.41. The zero-order valence-electron chi connectivity index (χ0n) is 18.3. The number of aromatic nitrogens is 3. The van der Waals surface area contributed by atoms with E-state index in [0.29, 0.717) is 0 Å². The molecule has 0 atom stereocenters. The molecule has 6 heteroatoms. The first kappa shape index (κ1) is 21.0. The van der Waals surface area contributed by atoms with E-state index < -0.39 is 0 Å². The van der Waals surface area contributed by atoms with Crippen LogP contribution >= 0.6 is 11.3 Å². The van der Waals surface area contributed by atoms with Crippen molar-refractivity contribution in [2.45, 2.75) is 40.5 Å². The van der Waals surface area contributed by atoms with E-state index >= 15 is 0 Å². The minimum absolute atomic E-state index is 0.0711. The molecule has 2 aromatic carbocycles. The molecule has 0 aliphatic carbocycles. The summed E-state index contributed by atoms with van der Waals surface area (Å²) in [6.07, 6.45) is 1.08. The quantitative estimate of drug-likeness (QED) is 0.449. The molecule has 2 heterocycles. The van der Waals surface area contributed by atoms with Gasteiger partial charge in [0.15, 0.2) is 0 Å². The summed E-state index contributed by atoms with van der Waals surface area (Å²) in [5.41, 5.74) is 8.49. The summed E-state index contributed by atoms with van der Waals surface area (Å²) in [4.78, 5) is 17.2. The van der Waals surface area contributed by atoms with Gasteiger partial charge >= 0.3 is 0 Å². The van der Waals surface area contributed by atoms with Crippen molar-refractivity contribution in [3.8, 4) is 5.13 Å². The Kier molecular flexibility index (Phi) is 6.00. The van der Waals surface area contributed by atoms with Gasteiger partial charge in [-0.25, -0.2) is 9.67 Å². The summed E-state index contributed by atoms with van der Waals surface area (Å²) in [7, 11) is 0. The molecule has 2 aromatic heterocycles. The molecule has 0 aliphatic heterocycles. The number of benzene rings is 2. The van der Waals surface area contributed by atoms with E-state index in [1.165, 1.54) is 28.0 Å². The van der Waals surface area contributed by atoms with E-state index in [1.807, 2.05) is 48.2 Å². The number of thiazole rings is 1. The molecule has 0 spiro atoms. The van der Waals surface area contributed by atoms with Crippen LogP contribution in [0.1, 0.15) is 39.3 Å². The predicted molar refractivity (Wildman–Crippen MR) is 126 cm³/mol. The largest absolute Gasteiger partial charge is 0.326 e. The van der Waals surface area contributed by atoms with Crippen molar-refractivity contribution < 1.29 is 4.79 Å². The minimum Gasteiger partial charge on any atom is -0.326 e. The van der Waals surface area contributed by atoms with E-state index in [0.717, 1.165) is 39.9 Å². The van der Waals surface area contributed by atoms with E-state index in [2.05, 4.69) is 48.4 Å². The third kappa shape index (κ3) is 4.75. The Morgan fingerprint density at radius 1 is 1.03 bits per heavy atom. The number of hydrogen-bond acceptors (Lipinski definition) is 4. The second-order valence-corrected chi connectivity index (χ2v) is 8.71. The minimum atomic E-state index is -0.0711. The van der Waals surface area contributed by atoms with Gasteiger partial charge in [-0.15, -0.1) is 11.3 Å². The molecule has 1 N–H and O–H groups in total. The van der Waals surface area contributed by atoms with E-state index in [4.69, 9.17) is 5.10 Å². The molecule has 0 fully saturated rings. The molecule has 0 aliphatic rings. The molecule has 0 saturated heterocycles. The molecule has 0 radical (unpaired) electrons. The maximum Gasteiger partial charge on any atom is 0.230 e. The van der Waals surface area contributed by atoms with Crippen LogP contribution in [0.25, 0.3) is 5.13 Å². The Bertz CT molecular complexity index is 1220. The van der Waals surface area contributed by atoms with Crippen molar-refractivity contribution in [3.05, 3.63) is 93.2 Å². The van der Waals surface area contributed by atoms with Crippen molar-refractivity contribution in [2.24, 2.45) is 0 Å². The normalized spacial score (nSPS) is 11.0. The van der Waals surface area contributed by atoms with E-state index in [9.17, 15) is 4.79 Å². The second-order valence-electron chi connectivity index (χ2n) is 7.87. The van der Waals surface area contributed by atoms with Crippen LogP contribution in [-0.4, -0.2) is 20.7 Å². The fourth-order valence-electron chi connectivity index (χ4n) is 3.58. The monoisotopic (exact) mass is 430 g/mol. The molecule has 158 valence electrons. The highest BCUT2D eigenvalue weighted by atomic mass is 32.1. The lowest BCUT2D eigenvalue weighted by atomic mass is 10.0. The summed E-state index contributed by atoms with van der Waals surface area (Å²) in [5, 5.41) is 10.4. The second kappa shape index (κ2) is 8.86. The van der Waals surface area contributed by atoms with Crippen LogP contribution in [-0.2, 0) is 17.6 Å². The lowest BCUT2D eigenvalue weighted by molar-refractivity contribution is -0.115. The van der Waals surface area contributed by atoms with Crippen molar-refractivity contribution >= 4 is 22.9 Å². The highest BCUT2D eigenvalue weighted by Gasteiger charge is 2.16. The number of carbonyl (C=O) groups excluding carboxylic acids is 1. The maximum atomic E-state index is 12.5. The standard InChI is InChI=1S/C25H26N4OS/c1-16-10-11-21(12-17(16)2)26-24(30)14-22-15-31-25(27-22)29-19(4)23(18(3)28-29)13-20-8-6-5-7-9-20/h5-12,15H,13-14H2,1-4H3,(H,26,30). The van der Waals surface area contributed by atoms with Gasteiger partial charge in [-0.2, -0.15) is 5.10 Å². The van der Waals surface area contributed by atoms with Crippen LogP contribution < -0.4 is 5.32 Å². The smallest absolute Gasteiger partial charge is 0.230 e. The Labute approximate surface area is 186 Å². The highest BCUT2D eigenvalue weighted by molar-refractivity contribution is 7.12. The lowest BCUT2D eigenvalue weighted by Gasteiger charge is -2.07. The van der Waals surface area contributed by atoms with Crippen molar-refractivity contribution in [2.75, 3.05) is 5.32 Å². The van der Waals surface area contributed by atoms with Gasteiger partial charge in [0, 0.05) is 28.7 Å². The topological polar surface area (TPSA) is 59.8 Å². The van der Waals surface area contributed by atoms with Gasteiger partial charge < -0.3 is 5.32 Å². The number of nitrogens with one attached hydrogen (secondary N) is 1. The van der Waals surface area contributed by atoms with Gasteiger partial charge in [0.2, 0.25) is 11.0 Å². The Morgan fingerprint density at radius 3 is 2.55 bits per heavy atom. The lowest BCUT2D eigenvalue weighted by Crippen LogP contribution is -2.15. The van der Waals surface area contributed by atoms with Gasteiger partial charge in [-0.1, -0.05) is 36.4 Å². The maximum absolute atomic E-state index is 12.5. The average molecular weight is 431 g/mol. The van der Waals surface area contributed by atoms with Gasteiger partial charge in [-0.05, 0) is 56.5 Å². The van der Waals surface area contributed by atoms with Crippen molar-refractivity contribution in [1.29, 1.82) is 0 Å². The zero-order valence-corrected chi connectivity index (χ0v) is 19.1. The van der Waals surface area contributed by atoms with E-state index in [-0.39, 0.29) is 12.3 Å². The third-order valence-electron chi connectivity index (χ3n) is 5.52. The molecule has 1 amide bonds. The molecule has 5 nitrogen and oxygen atoms in total. The van der Waals surface area contributed by atoms with Gasteiger partial charge in [0.1, 0.15) is 0 Å². The molecule has 0 saturated carbocycles. The summed E-state index contributed by atoms with van der Waals surface area (Å²) in [5.74, 6) is -0.0711. The van der Waals surface area contributed by atoms with Crippen LogP contribution in [0.2, 0.25) is 0 Å². The Balaban J connectivity index is 1.48. The fraction of sp³-hybridized carbons (Fsp3) is 0.240. The molecular formula is C25H26N4OS. The molecule has 4 rings (SSSR count). The highest BCUT2D eigenvalue weighted by Crippen LogP contribution is 2.23. The summed E-state index contributed by atoms with van der Waals surface area (Å²) in [6, 6.07) is 16.3. The number of carbonyl (C=O) groups is 1. The first-order valence-electron chi connectivity index (χ1n) is 10.3. The first-order valence-corrected chi connectivity index (χ1v) is 11.2. The van der Waals surface area contributed by atoms with Gasteiger partial charge in [0.05, 0.1) is 17.8 Å². The zero-order chi connectivity index (χ0) is 22.0. The third-order valence-corrected chi connectivity index (χ3v) is 6.38. The number of amides is 1. The Morgan fingerprint density at radius 2 is 1.81 bits per heavy atom. The number of rotatable bonds is 6. The van der Waals surface area contributed by atoms with Crippen molar-refractivity contribution in [3.63, 3.8) is 0 Å². The van der Waals surface area contributed by atoms with Crippen molar-refractivity contribution in [1.82, 2.24) is 14.8 Å². The summed E-state index contributed by atoms with van der Waals surface area (Å²) in [6.45, 7) is 8.21. The Hall–Kier alpha value is -3.25. The summed E-state index contributed by atoms with van der Waals surface area (Å²) >= 11 is 1.51. The number of hydrogen-bond donors (Lipinski definition) is 1. The summed E-state index contributed by atoms with van der Waals surface area (Å²) < 4.78 is 1.89. The van der Waals surface area contributed by atoms with Crippen LogP contribution in [0.4, 0.5) is 5.69 Å². The molecule has 31 heavy (non-hydrogen) atoms. The number of nitrogens with zero attached hydrogens (tertiary/aromatic N) is 3. The van der Waals surface area contributed by atoms with Crippen LogP contribution in [0.5, 0.6) is 0 Å². The van der Waals surface area contributed by atoms with Crippen LogP contribution in [0.3, 0.4) is 0 Å². The molecule has 4 aromatic rings. The van der Waals surface area contributed by atoms with E-state index in [1.54, 1.807) is 0 Å². The number of anilines is 1.